The lowest BCUT2D eigenvalue weighted by atomic mass is 9.97. The Hall–Kier alpha value is -0.0800. The topological polar surface area (TPSA) is 32.3 Å². The summed E-state index contributed by atoms with van der Waals surface area (Å²) in [5.41, 5.74) is 0. The molecule has 0 amide bonds. The average Bonchev–Trinajstić information content (AvgIpc) is 2.46. The minimum absolute atomic E-state index is 0.319. The zero-order valence-electron chi connectivity index (χ0n) is 10.8. The predicted molar refractivity (Wildman–Crippen MR) is 67.1 cm³/mol. The van der Waals surface area contributed by atoms with Crippen LogP contribution < -0.4 is 5.32 Å². The van der Waals surface area contributed by atoms with E-state index in [0.717, 1.165) is 24.9 Å². The Kier molecular flexibility index (Phi) is 10.4. The van der Waals surface area contributed by atoms with Gasteiger partial charge in [-0.25, -0.2) is 0 Å². The summed E-state index contributed by atoms with van der Waals surface area (Å²) in [6, 6.07) is 0.808. The van der Waals surface area contributed by atoms with Gasteiger partial charge in [-0.15, -0.1) is 0 Å². The molecule has 0 bridgehead atoms. The highest BCUT2D eigenvalue weighted by atomic mass is 16.2. The van der Waals surface area contributed by atoms with Gasteiger partial charge in [0.05, 0.1) is 0 Å². The molecule has 0 saturated heterocycles. The van der Waals surface area contributed by atoms with Gasteiger partial charge in [0.1, 0.15) is 0 Å². The molecular formula is C13H29NO. The Morgan fingerprint density at radius 1 is 1.13 bits per heavy atom. The van der Waals surface area contributed by atoms with Crippen molar-refractivity contribution in [2.45, 2.75) is 65.3 Å². The fourth-order valence-electron chi connectivity index (χ4n) is 2.06. The number of aliphatic hydroxyl groups is 1. The molecular weight excluding hydrogens is 186 g/mol. The molecule has 0 aromatic rings. The van der Waals surface area contributed by atoms with Gasteiger partial charge in [-0.2, -0.15) is 0 Å². The highest BCUT2D eigenvalue weighted by Crippen LogP contribution is 2.22. The standard InChI is InChI=1S/C10H21N.C3H8O/c1-3-11-10-8-6-4-5-7-9(10)2;1-2-3-4/h9-11H,3-8H2,1-2H3;4H,2-3H2,1H3. The Morgan fingerprint density at radius 3 is 2.27 bits per heavy atom. The van der Waals surface area contributed by atoms with Crippen LogP contribution in [-0.4, -0.2) is 24.3 Å². The SMILES string of the molecule is CCCO.CCNC1CCCCCC1C. The van der Waals surface area contributed by atoms with Crippen LogP contribution >= 0.6 is 0 Å². The van der Waals surface area contributed by atoms with Gasteiger partial charge in [-0.05, 0) is 31.7 Å². The molecule has 1 fully saturated rings. The van der Waals surface area contributed by atoms with Gasteiger partial charge in [0.15, 0.2) is 0 Å². The first-order chi connectivity index (χ1) is 7.26. The molecule has 2 heteroatoms. The second-order valence-electron chi connectivity index (χ2n) is 4.50. The quantitative estimate of drug-likeness (QED) is 0.709. The van der Waals surface area contributed by atoms with Crippen molar-refractivity contribution in [2.24, 2.45) is 5.92 Å². The first-order valence-electron chi connectivity index (χ1n) is 6.60. The van der Waals surface area contributed by atoms with Crippen LogP contribution in [-0.2, 0) is 0 Å². The maximum Gasteiger partial charge on any atom is 0.0428 e. The van der Waals surface area contributed by atoms with Crippen molar-refractivity contribution in [2.75, 3.05) is 13.2 Å². The van der Waals surface area contributed by atoms with Crippen LogP contribution in [0.15, 0.2) is 0 Å². The molecule has 92 valence electrons. The normalized spacial score (nSPS) is 26.4. The Balaban J connectivity index is 0.000000423. The van der Waals surface area contributed by atoms with Gasteiger partial charge in [0.2, 0.25) is 0 Å². The van der Waals surface area contributed by atoms with Crippen LogP contribution in [0.25, 0.3) is 0 Å². The Bertz CT molecular complexity index is 126. The average molecular weight is 215 g/mol. The minimum Gasteiger partial charge on any atom is -0.396 e. The highest BCUT2D eigenvalue weighted by Gasteiger charge is 2.17. The Labute approximate surface area is 95.5 Å². The van der Waals surface area contributed by atoms with Crippen LogP contribution in [0.5, 0.6) is 0 Å². The van der Waals surface area contributed by atoms with E-state index in [9.17, 15) is 0 Å². The minimum atomic E-state index is 0.319. The van der Waals surface area contributed by atoms with E-state index >= 15 is 0 Å². The van der Waals surface area contributed by atoms with E-state index in [1.54, 1.807) is 0 Å². The number of hydrogen-bond acceptors (Lipinski definition) is 2. The molecule has 0 spiro atoms. The van der Waals surface area contributed by atoms with Gasteiger partial charge in [-0.3, -0.25) is 0 Å². The highest BCUT2D eigenvalue weighted by molar-refractivity contribution is 4.75. The van der Waals surface area contributed by atoms with Gasteiger partial charge >= 0.3 is 0 Å². The van der Waals surface area contributed by atoms with Crippen molar-refractivity contribution in [3.8, 4) is 0 Å². The van der Waals surface area contributed by atoms with Crippen LogP contribution in [0, 0.1) is 5.92 Å². The van der Waals surface area contributed by atoms with Crippen molar-refractivity contribution in [3.63, 3.8) is 0 Å². The van der Waals surface area contributed by atoms with Gasteiger partial charge < -0.3 is 10.4 Å². The molecule has 1 rings (SSSR count). The molecule has 1 aliphatic carbocycles. The van der Waals surface area contributed by atoms with Gasteiger partial charge in [0.25, 0.3) is 0 Å². The molecule has 1 saturated carbocycles. The lowest BCUT2D eigenvalue weighted by molar-refractivity contribution is 0.295. The second kappa shape index (κ2) is 10.4. The van der Waals surface area contributed by atoms with Crippen molar-refractivity contribution < 1.29 is 5.11 Å². The second-order valence-corrected chi connectivity index (χ2v) is 4.50. The lowest BCUT2D eigenvalue weighted by Crippen LogP contribution is -2.33. The molecule has 2 N–H and O–H groups in total. The molecule has 0 aliphatic heterocycles. The van der Waals surface area contributed by atoms with Crippen molar-refractivity contribution >= 4 is 0 Å². The summed E-state index contributed by atoms with van der Waals surface area (Å²) < 4.78 is 0. The zero-order valence-corrected chi connectivity index (χ0v) is 10.8. The van der Waals surface area contributed by atoms with E-state index in [1.807, 2.05) is 6.92 Å². The number of hydrogen-bond donors (Lipinski definition) is 2. The summed E-state index contributed by atoms with van der Waals surface area (Å²) in [6.45, 7) is 7.98. The van der Waals surface area contributed by atoms with E-state index < -0.39 is 0 Å². The monoisotopic (exact) mass is 215 g/mol. The summed E-state index contributed by atoms with van der Waals surface area (Å²) in [4.78, 5) is 0. The van der Waals surface area contributed by atoms with Crippen LogP contribution in [0.4, 0.5) is 0 Å². The maximum atomic E-state index is 7.88. The zero-order chi connectivity index (χ0) is 11.5. The smallest absolute Gasteiger partial charge is 0.0428 e. The fraction of sp³-hybridized carbons (Fsp3) is 1.00. The third kappa shape index (κ3) is 7.80. The third-order valence-electron chi connectivity index (χ3n) is 3.05. The molecule has 2 atom stereocenters. The first-order valence-corrected chi connectivity index (χ1v) is 6.60. The van der Waals surface area contributed by atoms with E-state index in [1.165, 1.54) is 32.1 Å². The third-order valence-corrected chi connectivity index (χ3v) is 3.05. The summed E-state index contributed by atoms with van der Waals surface area (Å²) in [6.07, 6.45) is 8.03. The Morgan fingerprint density at radius 2 is 1.73 bits per heavy atom. The molecule has 0 radical (unpaired) electrons. The summed E-state index contributed by atoms with van der Waals surface area (Å²) in [5, 5.41) is 11.4. The van der Waals surface area contributed by atoms with Gasteiger partial charge in [0, 0.05) is 12.6 Å². The number of aliphatic hydroxyl groups excluding tert-OH is 1. The largest absolute Gasteiger partial charge is 0.396 e. The molecule has 0 aromatic heterocycles. The van der Waals surface area contributed by atoms with E-state index in [-0.39, 0.29) is 0 Å². The van der Waals surface area contributed by atoms with Crippen LogP contribution in [0.2, 0.25) is 0 Å². The number of nitrogens with one attached hydrogen (secondary N) is 1. The predicted octanol–water partition coefficient (Wildman–Crippen LogP) is 2.95. The molecule has 15 heavy (non-hydrogen) atoms. The first kappa shape index (κ1) is 14.9. The van der Waals surface area contributed by atoms with E-state index in [0.29, 0.717) is 6.61 Å². The fourth-order valence-corrected chi connectivity index (χ4v) is 2.06. The van der Waals surface area contributed by atoms with Crippen LogP contribution in [0.3, 0.4) is 0 Å². The summed E-state index contributed by atoms with van der Waals surface area (Å²) >= 11 is 0. The van der Waals surface area contributed by atoms with Gasteiger partial charge in [-0.1, -0.05) is 40.0 Å². The van der Waals surface area contributed by atoms with E-state index in [2.05, 4.69) is 19.2 Å². The lowest BCUT2D eigenvalue weighted by Gasteiger charge is -2.21. The maximum absolute atomic E-state index is 7.88. The molecule has 0 heterocycles. The number of rotatable bonds is 3. The van der Waals surface area contributed by atoms with Crippen LogP contribution in [0.1, 0.15) is 59.3 Å². The van der Waals surface area contributed by atoms with Crippen molar-refractivity contribution in [1.29, 1.82) is 0 Å². The molecule has 0 aromatic carbocycles. The molecule has 1 aliphatic rings. The summed E-state index contributed by atoms with van der Waals surface area (Å²) in [7, 11) is 0. The summed E-state index contributed by atoms with van der Waals surface area (Å²) in [5.74, 6) is 0.900. The molecule has 2 nitrogen and oxygen atoms in total. The van der Waals surface area contributed by atoms with E-state index in [4.69, 9.17) is 5.11 Å². The van der Waals surface area contributed by atoms with Crippen molar-refractivity contribution in [1.82, 2.24) is 5.32 Å². The van der Waals surface area contributed by atoms with Crippen molar-refractivity contribution in [3.05, 3.63) is 0 Å². The molecule has 2 unspecified atom stereocenters.